The van der Waals surface area contributed by atoms with Gasteiger partial charge in [-0.25, -0.2) is 4.98 Å². The minimum Gasteiger partial charge on any atom is -0.379 e. The van der Waals surface area contributed by atoms with Crippen molar-refractivity contribution in [1.29, 1.82) is 0 Å². The third-order valence-corrected chi connectivity index (χ3v) is 3.61. The zero-order chi connectivity index (χ0) is 14.0. The van der Waals surface area contributed by atoms with E-state index in [4.69, 9.17) is 0 Å². The summed E-state index contributed by atoms with van der Waals surface area (Å²) < 4.78 is 3.18. The molecule has 1 aromatic carbocycles. The summed E-state index contributed by atoms with van der Waals surface area (Å²) in [6, 6.07) is 6.24. The Morgan fingerprint density at radius 3 is 2.74 bits per heavy atom. The Bertz CT molecular complexity index is 575. The lowest BCUT2D eigenvalue weighted by atomic mass is 10.2. The molecule has 4 nitrogen and oxygen atoms in total. The summed E-state index contributed by atoms with van der Waals surface area (Å²) in [6.07, 6.45) is 1.91. The van der Waals surface area contributed by atoms with Crippen LogP contribution in [0.15, 0.2) is 28.9 Å². The van der Waals surface area contributed by atoms with Crippen molar-refractivity contribution in [2.24, 2.45) is 7.05 Å². The molecule has 0 bridgehead atoms. The number of halogens is 1. The average molecular weight is 323 g/mol. The summed E-state index contributed by atoms with van der Waals surface area (Å²) in [7, 11) is 6.03. The summed E-state index contributed by atoms with van der Waals surface area (Å²) in [4.78, 5) is 6.41. The second-order valence-electron chi connectivity index (χ2n) is 4.82. The first kappa shape index (κ1) is 13.9. The number of hydrogen-bond donors (Lipinski definition) is 1. The fourth-order valence-corrected chi connectivity index (χ4v) is 2.35. The summed E-state index contributed by atoms with van der Waals surface area (Å²) in [6.45, 7) is 2.86. The van der Waals surface area contributed by atoms with Gasteiger partial charge in [-0.05, 0) is 24.6 Å². The van der Waals surface area contributed by atoms with E-state index >= 15 is 0 Å². The summed E-state index contributed by atoms with van der Waals surface area (Å²) in [5.74, 6) is 0.961. The summed E-state index contributed by atoms with van der Waals surface area (Å²) >= 11 is 3.50. The SMILES string of the molecule is Cc1ccc(Br)cc1NCc1cnc(N(C)C)n1C. The highest BCUT2D eigenvalue weighted by atomic mass is 79.9. The highest BCUT2D eigenvalue weighted by Crippen LogP contribution is 2.21. The zero-order valence-corrected chi connectivity index (χ0v) is 13.3. The maximum absolute atomic E-state index is 4.41. The van der Waals surface area contributed by atoms with Crippen LogP contribution in [0.3, 0.4) is 0 Å². The molecule has 0 radical (unpaired) electrons. The van der Waals surface area contributed by atoms with E-state index in [9.17, 15) is 0 Å². The van der Waals surface area contributed by atoms with Gasteiger partial charge in [0, 0.05) is 31.3 Å². The molecule has 0 aliphatic carbocycles. The lowest BCUT2D eigenvalue weighted by molar-refractivity contribution is 0.813. The van der Waals surface area contributed by atoms with Crippen molar-refractivity contribution in [2.45, 2.75) is 13.5 Å². The third kappa shape index (κ3) is 3.10. The fraction of sp³-hybridized carbons (Fsp3) is 0.357. The molecule has 0 aliphatic heterocycles. The molecule has 102 valence electrons. The van der Waals surface area contributed by atoms with Crippen molar-refractivity contribution in [3.8, 4) is 0 Å². The number of aromatic nitrogens is 2. The fourth-order valence-electron chi connectivity index (χ4n) is 1.98. The largest absolute Gasteiger partial charge is 0.379 e. The highest BCUT2D eigenvalue weighted by Gasteiger charge is 2.08. The molecule has 0 aliphatic rings. The van der Waals surface area contributed by atoms with Crippen molar-refractivity contribution >= 4 is 27.6 Å². The van der Waals surface area contributed by atoms with Crippen LogP contribution in [0.25, 0.3) is 0 Å². The van der Waals surface area contributed by atoms with Crippen LogP contribution in [0.1, 0.15) is 11.3 Å². The normalized spacial score (nSPS) is 10.6. The number of nitrogens with one attached hydrogen (secondary N) is 1. The lowest BCUT2D eigenvalue weighted by Gasteiger charge is -2.14. The van der Waals surface area contributed by atoms with Crippen LogP contribution in [0, 0.1) is 6.92 Å². The first-order valence-corrected chi connectivity index (χ1v) is 6.96. The maximum atomic E-state index is 4.41. The Kier molecular flexibility index (Phi) is 4.14. The maximum Gasteiger partial charge on any atom is 0.204 e. The first-order chi connectivity index (χ1) is 8.99. The molecule has 1 N–H and O–H groups in total. The van der Waals surface area contributed by atoms with E-state index in [0.717, 1.165) is 28.3 Å². The molecule has 0 spiro atoms. The van der Waals surface area contributed by atoms with Crippen molar-refractivity contribution in [1.82, 2.24) is 9.55 Å². The number of hydrogen-bond acceptors (Lipinski definition) is 3. The minimum absolute atomic E-state index is 0.759. The number of benzene rings is 1. The van der Waals surface area contributed by atoms with Gasteiger partial charge in [-0.2, -0.15) is 0 Å². The molecular weight excluding hydrogens is 304 g/mol. The van der Waals surface area contributed by atoms with Crippen molar-refractivity contribution in [3.63, 3.8) is 0 Å². The van der Waals surface area contributed by atoms with Gasteiger partial charge in [0.15, 0.2) is 0 Å². The Morgan fingerprint density at radius 2 is 2.11 bits per heavy atom. The molecule has 2 aromatic rings. The Morgan fingerprint density at radius 1 is 1.37 bits per heavy atom. The number of aryl methyl sites for hydroxylation is 1. The smallest absolute Gasteiger partial charge is 0.204 e. The molecule has 2 rings (SSSR count). The molecule has 0 fully saturated rings. The quantitative estimate of drug-likeness (QED) is 0.938. The van der Waals surface area contributed by atoms with E-state index < -0.39 is 0 Å². The van der Waals surface area contributed by atoms with E-state index in [-0.39, 0.29) is 0 Å². The van der Waals surface area contributed by atoms with Gasteiger partial charge in [-0.15, -0.1) is 0 Å². The molecular formula is C14H19BrN4. The monoisotopic (exact) mass is 322 g/mol. The molecule has 19 heavy (non-hydrogen) atoms. The zero-order valence-electron chi connectivity index (χ0n) is 11.7. The Labute approximate surface area is 122 Å². The second kappa shape index (κ2) is 5.65. The number of rotatable bonds is 4. The van der Waals surface area contributed by atoms with E-state index in [1.54, 1.807) is 0 Å². The molecule has 1 heterocycles. The van der Waals surface area contributed by atoms with Crippen molar-refractivity contribution in [2.75, 3.05) is 24.3 Å². The van der Waals surface area contributed by atoms with Crippen LogP contribution in [-0.4, -0.2) is 23.6 Å². The number of imidazole rings is 1. The predicted molar refractivity (Wildman–Crippen MR) is 83.7 cm³/mol. The predicted octanol–water partition coefficient (Wildman–Crippen LogP) is 3.17. The highest BCUT2D eigenvalue weighted by molar-refractivity contribution is 9.10. The van der Waals surface area contributed by atoms with Crippen LogP contribution in [0.4, 0.5) is 11.6 Å². The van der Waals surface area contributed by atoms with Crippen LogP contribution >= 0.6 is 15.9 Å². The van der Waals surface area contributed by atoms with Crippen LogP contribution in [-0.2, 0) is 13.6 Å². The van der Waals surface area contributed by atoms with Crippen molar-refractivity contribution in [3.05, 3.63) is 40.1 Å². The van der Waals surface area contributed by atoms with E-state index in [0.29, 0.717) is 0 Å². The van der Waals surface area contributed by atoms with Crippen molar-refractivity contribution < 1.29 is 0 Å². The topological polar surface area (TPSA) is 33.1 Å². The van der Waals surface area contributed by atoms with Gasteiger partial charge in [0.25, 0.3) is 0 Å². The molecule has 0 unspecified atom stereocenters. The third-order valence-electron chi connectivity index (χ3n) is 3.12. The Balaban J connectivity index is 2.12. The average Bonchev–Trinajstić information content (AvgIpc) is 2.72. The van der Waals surface area contributed by atoms with Gasteiger partial charge in [0.2, 0.25) is 5.95 Å². The second-order valence-corrected chi connectivity index (χ2v) is 5.73. The molecule has 0 atom stereocenters. The standard InChI is InChI=1S/C14H19BrN4/c1-10-5-6-11(15)7-13(10)16-8-12-9-17-14(18(2)3)19(12)4/h5-7,9,16H,8H2,1-4H3. The molecule has 1 aromatic heterocycles. The summed E-state index contributed by atoms with van der Waals surface area (Å²) in [5, 5.41) is 3.45. The molecule has 0 saturated carbocycles. The Hall–Kier alpha value is -1.49. The van der Waals surface area contributed by atoms with E-state index in [1.165, 1.54) is 5.56 Å². The van der Waals surface area contributed by atoms with Crippen LogP contribution in [0.2, 0.25) is 0 Å². The van der Waals surface area contributed by atoms with E-state index in [1.807, 2.05) is 32.2 Å². The minimum atomic E-state index is 0.759. The van der Waals surface area contributed by atoms with Gasteiger partial charge in [0.05, 0.1) is 18.4 Å². The van der Waals surface area contributed by atoms with Crippen LogP contribution in [0.5, 0.6) is 0 Å². The molecule has 0 amide bonds. The number of anilines is 2. The lowest BCUT2D eigenvalue weighted by Crippen LogP contribution is -2.15. The molecule has 0 saturated heterocycles. The first-order valence-electron chi connectivity index (χ1n) is 6.17. The van der Waals surface area contributed by atoms with Gasteiger partial charge in [-0.1, -0.05) is 22.0 Å². The summed E-state index contributed by atoms with van der Waals surface area (Å²) in [5.41, 5.74) is 3.53. The van der Waals surface area contributed by atoms with E-state index in [2.05, 4.69) is 55.9 Å². The molecule has 5 heteroatoms. The van der Waals surface area contributed by atoms with Gasteiger partial charge in [0.1, 0.15) is 0 Å². The van der Waals surface area contributed by atoms with Gasteiger partial charge in [-0.3, -0.25) is 0 Å². The van der Waals surface area contributed by atoms with Gasteiger partial charge >= 0.3 is 0 Å². The number of nitrogens with zero attached hydrogens (tertiary/aromatic N) is 3. The van der Waals surface area contributed by atoms with Crippen LogP contribution < -0.4 is 10.2 Å². The van der Waals surface area contributed by atoms with Gasteiger partial charge < -0.3 is 14.8 Å².